The molecule has 19 heavy (non-hydrogen) atoms. The van der Waals surface area contributed by atoms with Gasteiger partial charge >= 0.3 is 5.69 Å². The predicted molar refractivity (Wildman–Crippen MR) is 68.4 cm³/mol. The van der Waals surface area contributed by atoms with E-state index >= 15 is 0 Å². The fraction of sp³-hybridized carbons (Fsp3) is 0.462. The number of terminal acetylenes is 2. The Hall–Kier alpha value is -2.31. The predicted octanol–water partition coefficient (Wildman–Crippen LogP) is -0.477. The molecule has 98 valence electrons. The summed E-state index contributed by atoms with van der Waals surface area (Å²) in [4.78, 5) is 24.2. The minimum absolute atomic E-state index is 0.0105. The Bertz CT molecular complexity index is 666. The van der Waals surface area contributed by atoms with Gasteiger partial charge in [-0.15, -0.1) is 12.8 Å². The van der Waals surface area contributed by atoms with Gasteiger partial charge in [0.15, 0.2) is 5.69 Å². The van der Waals surface area contributed by atoms with Gasteiger partial charge in [0.1, 0.15) is 12.6 Å². The van der Waals surface area contributed by atoms with Crippen molar-refractivity contribution in [3.8, 4) is 24.7 Å². The van der Waals surface area contributed by atoms with E-state index in [-0.39, 0.29) is 24.9 Å². The zero-order valence-electron chi connectivity index (χ0n) is 10.3. The molecule has 1 unspecified atom stereocenters. The lowest BCUT2D eigenvalue weighted by molar-refractivity contribution is 0.105. The lowest BCUT2D eigenvalue weighted by Gasteiger charge is -2.12. The largest absolute Gasteiger partial charge is 0.372 e. The Morgan fingerprint density at radius 3 is 2.63 bits per heavy atom. The highest BCUT2D eigenvalue weighted by molar-refractivity contribution is 5.03. The van der Waals surface area contributed by atoms with Gasteiger partial charge in [-0.1, -0.05) is 11.8 Å². The summed E-state index contributed by atoms with van der Waals surface area (Å²) >= 11 is 0. The average Bonchev–Trinajstić information content (AvgIpc) is 2.92. The topological polar surface area (TPSA) is 66.1 Å². The highest BCUT2D eigenvalue weighted by Gasteiger charge is 2.25. The molecule has 2 rings (SSSR count). The van der Waals surface area contributed by atoms with Crippen molar-refractivity contribution in [3.05, 3.63) is 26.5 Å². The summed E-state index contributed by atoms with van der Waals surface area (Å²) in [5.41, 5.74) is -0.895. The molecule has 1 aromatic rings. The maximum Gasteiger partial charge on any atom is 0.349 e. The first-order chi connectivity index (χ1) is 9.19. The maximum absolute atomic E-state index is 12.2. The first-order valence-electron chi connectivity index (χ1n) is 5.89. The molecule has 0 spiro atoms. The highest BCUT2D eigenvalue weighted by atomic mass is 16.5. The van der Waals surface area contributed by atoms with Gasteiger partial charge in [-0.3, -0.25) is 4.79 Å². The van der Waals surface area contributed by atoms with Gasteiger partial charge in [-0.2, -0.15) is 5.10 Å². The number of hydrogen-bond acceptors (Lipinski definition) is 4. The summed E-state index contributed by atoms with van der Waals surface area (Å²) in [5.74, 6) is 4.61. The van der Waals surface area contributed by atoms with Crippen LogP contribution >= 0.6 is 0 Å². The summed E-state index contributed by atoms with van der Waals surface area (Å²) in [7, 11) is 0. The van der Waals surface area contributed by atoms with Crippen LogP contribution in [-0.4, -0.2) is 21.0 Å². The molecule has 6 heteroatoms. The molecule has 1 fully saturated rings. The van der Waals surface area contributed by atoms with Crippen molar-refractivity contribution in [1.29, 1.82) is 0 Å². The van der Waals surface area contributed by atoms with E-state index in [1.807, 2.05) is 0 Å². The zero-order valence-corrected chi connectivity index (χ0v) is 10.3. The quantitative estimate of drug-likeness (QED) is 0.688. The number of ether oxygens (including phenoxy) is 1. The molecule has 0 N–H and O–H groups in total. The number of rotatable bonds is 3. The Labute approximate surface area is 110 Å². The van der Waals surface area contributed by atoms with E-state index in [1.54, 1.807) is 0 Å². The van der Waals surface area contributed by atoms with Gasteiger partial charge in [0.25, 0.3) is 5.56 Å². The number of aromatic nitrogens is 3. The van der Waals surface area contributed by atoms with Gasteiger partial charge in [-0.05, 0) is 12.8 Å². The van der Waals surface area contributed by atoms with Crippen LogP contribution in [-0.2, 0) is 17.8 Å². The van der Waals surface area contributed by atoms with Crippen LogP contribution in [0.2, 0.25) is 0 Å². The van der Waals surface area contributed by atoms with Crippen molar-refractivity contribution in [3.63, 3.8) is 0 Å². The Kier molecular flexibility index (Phi) is 3.84. The molecule has 0 bridgehead atoms. The second-order valence-electron chi connectivity index (χ2n) is 4.13. The molecule has 0 radical (unpaired) electrons. The molecule has 0 amide bonds. The van der Waals surface area contributed by atoms with Crippen LogP contribution in [0.15, 0.2) is 9.59 Å². The molecule has 0 saturated carbocycles. The summed E-state index contributed by atoms with van der Waals surface area (Å²) < 4.78 is 7.46. The summed E-state index contributed by atoms with van der Waals surface area (Å²) in [6, 6.07) is 0. The van der Waals surface area contributed by atoms with Crippen molar-refractivity contribution in [2.24, 2.45) is 0 Å². The minimum atomic E-state index is -0.595. The lowest BCUT2D eigenvalue weighted by Crippen LogP contribution is -2.43. The normalized spacial score (nSPS) is 17.9. The third kappa shape index (κ3) is 2.44. The number of nitrogens with zero attached hydrogens (tertiary/aromatic N) is 3. The second kappa shape index (κ2) is 5.55. The van der Waals surface area contributed by atoms with E-state index in [4.69, 9.17) is 17.6 Å². The summed E-state index contributed by atoms with van der Waals surface area (Å²) in [6.07, 6.45) is 11.5. The first-order valence-corrected chi connectivity index (χ1v) is 5.89. The standard InChI is InChI=1S/C13H13N3O3/c1-3-7-15-12(17)11(10-6-5-9-19-10)14-16(8-4-2)13(15)18/h1-2,10H,5-9H2. The Balaban J connectivity index is 2.61. The van der Waals surface area contributed by atoms with E-state index in [0.717, 1.165) is 15.7 Å². The molecule has 2 heterocycles. The van der Waals surface area contributed by atoms with Crippen molar-refractivity contribution in [2.75, 3.05) is 6.61 Å². The van der Waals surface area contributed by atoms with Gasteiger partial charge in [0.05, 0.1) is 6.54 Å². The summed E-state index contributed by atoms with van der Waals surface area (Å²) in [6.45, 7) is 0.461. The third-order valence-corrected chi connectivity index (χ3v) is 2.87. The van der Waals surface area contributed by atoms with E-state index < -0.39 is 11.2 Å². The van der Waals surface area contributed by atoms with Crippen LogP contribution in [0, 0.1) is 24.7 Å². The Morgan fingerprint density at radius 1 is 1.32 bits per heavy atom. The molecule has 6 nitrogen and oxygen atoms in total. The van der Waals surface area contributed by atoms with Crippen molar-refractivity contribution in [2.45, 2.75) is 32.0 Å². The van der Waals surface area contributed by atoms with Crippen LogP contribution in [0.1, 0.15) is 24.6 Å². The smallest absolute Gasteiger partial charge is 0.349 e. The molecule has 1 aliphatic rings. The van der Waals surface area contributed by atoms with E-state index in [9.17, 15) is 9.59 Å². The fourth-order valence-corrected chi connectivity index (χ4v) is 2.00. The van der Waals surface area contributed by atoms with Gasteiger partial charge in [0.2, 0.25) is 0 Å². The van der Waals surface area contributed by atoms with Crippen LogP contribution in [0.5, 0.6) is 0 Å². The minimum Gasteiger partial charge on any atom is -0.372 e. The van der Waals surface area contributed by atoms with E-state index in [1.165, 1.54) is 0 Å². The number of hydrogen-bond donors (Lipinski definition) is 0. The van der Waals surface area contributed by atoms with Crippen LogP contribution in [0.3, 0.4) is 0 Å². The molecule has 1 aliphatic heterocycles. The van der Waals surface area contributed by atoms with Gasteiger partial charge < -0.3 is 4.74 Å². The molecule has 1 atom stereocenters. The Morgan fingerprint density at radius 2 is 2.05 bits per heavy atom. The fourth-order valence-electron chi connectivity index (χ4n) is 2.00. The maximum atomic E-state index is 12.2. The molecule has 0 aliphatic carbocycles. The molecular formula is C13H13N3O3. The zero-order chi connectivity index (χ0) is 13.8. The molecule has 0 aromatic carbocycles. The van der Waals surface area contributed by atoms with Crippen molar-refractivity contribution in [1.82, 2.24) is 14.3 Å². The van der Waals surface area contributed by atoms with Crippen LogP contribution in [0.4, 0.5) is 0 Å². The second-order valence-corrected chi connectivity index (χ2v) is 4.13. The SMILES string of the molecule is C#CCn1nc(C2CCCO2)c(=O)n(CC#C)c1=O. The lowest BCUT2D eigenvalue weighted by atomic mass is 10.2. The molecular weight excluding hydrogens is 246 g/mol. The molecule has 1 aromatic heterocycles. The van der Waals surface area contributed by atoms with Gasteiger partial charge in [-0.25, -0.2) is 14.0 Å². The van der Waals surface area contributed by atoms with Crippen LogP contribution in [0.25, 0.3) is 0 Å². The molecule has 1 saturated heterocycles. The van der Waals surface area contributed by atoms with Crippen LogP contribution < -0.4 is 11.2 Å². The third-order valence-electron chi connectivity index (χ3n) is 2.87. The monoisotopic (exact) mass is 259 g/mol. The van der Waals surface area contributed by atoms with E-state index in [0.29, 0.717) is 13.0 Å². The van der Waals surface area contributed by atoms with E-state index in [2.05, 4.69) is 16.9 Å². The van der Waals surface area contributed by atoms with Crippen molar-refractivity contribution >= 4 is 0 Å². The first kappa shape index (κ1) is 13.1. The highest BCUT2D eigenvalue weighted by Crippen LogP contribution is 2.24. The summed E-state index contributed by atoms with van der Waals surface area (Å²) in [5, 5.41) is 4.02. The van der Waals surface area contributed by atoms with Gasteiger partial charge in [0, 0.05) is 6.61 Å². The average molecular weight is 259 g/mol. The van der Waals surface area contributed by atoms with Crippen molar-refractivity contribution < 1.29 is 4.74 Å².